The molecule has 0 atom stereocenters. The molecule has 1 fully saturated rings. The minimum absolute atomic E-state index is 0.168. The van der Waals surface area contributed by atoms with E-state index in [0.29, 0.717) is 10.7 Å². The third kappa shape index (κ3) is 3.56. The van der Waals surface area contributed by atoms with Gasteiger partial charge < -0.3 is 9.32 Å². The quantitative estimate of drug-likeness (QED) is 0.734. The number of hydrogen-bond donors (Lipinski definition) is 0. The van der Waals surface area contributed by atoms with Crippen molar-refractivity contribution in [3.05, 3.63) is 52.6 Å². The summed E-state index contributed by atoms with van der Waals surface area (Å²) >= 11 is 1.45. The van der Waals surface area contributed by atoms with Crippen LogP contribution in [0.3, 0.4) is 0 Å². The Morgan fingerprint density at radius 3 is 2.60 bits per heavy atom. The van der Waals surface area contributed by atoms with Crippen molar-refractivity contribution >= 4 is 28.9 Å². The van der Waals surface area contributed by atoms with Crippen molar-refractivity contribution in [3.63, 3.8) is 0 Å². The minimum Gasteiger partial charge on any atom is -0.457 e. The van der Waals surface area contributed by atoms with Crippen molar-refractivity contribution in [2.45, 2.75) is 26.2 Å². The summed E-state index contributed by atoms with van der Waals surface area (Å²) < 4.78 is 5.89. The number of hydrogen-bond acceptors (Lipinski definition) is 4. The number of nitrogens with zero attached hydrogens (tertiary/aromatic N) is 2. The molecule has 0 aliphatic carbocycles. The second kappa shape index (κ2) is 6.92. The van der Waals surface area contributed by atoms with Gasteiger partial charge in [-0.3, -0.25) is 4.79 Å². The Morgan fingerprint density at radius 1 is 1.08 bits per heavy atom. The van der Waals surface area contributed by atoms with Crippen molar-refractivity contribution in [3.8, 4) is 11.3 Å². The molecule has 0 N–H and O–H groups in total. The molecule has 4 rings (SSSR count). The second-order valence-electron chi connectivity index (χ2n) is 6.43. The number of amides is 1. The Bertz CT molecular complexity index is 843. The van der Waals surface area contributed by atoms with Gasteiger partial charge in [0.15, 0.2) is 5.17 Å². The molecule has 0 radical (unpaired) electrons. The average molecular weight is 352 g/mol. The van der Waals surface area contributed by atoms with Crippen LogP contribution < -0.4 is 0 Å². The van der Waals surface area contributed by atoms with Crippen LogP contribution in [-0.4, -0.2) is 29.1 Å². The van der Waals surface area contributed by atoms with Gasteiger partial charge in [-0.2, -0.15) is 4.99 Å². The summed E-state index contributed by atoms with van der Waals surface area (Å²) in [4.78, 5) is 19.3. The average Bonchev–Trinajstić information content (AvgIpc) is 3.24. The van der Waals surface area contributed by atoms with Gasteiger partial charge in [-0.25, -0.2) is 0 Å². The van der Waals surface area contributed by atoms with Crippen molar-refractivity contribution in [1.82, 2.24) is 4.90 Å². The van der Waals surface area contributed by atoms with Gasteiger partial charge in [0.25, 0.3) is 5.91 Å². The smallest absolute Gasteiger partial charge is 0.286 e. The second-order valence-corrected chi connectivity index (χ2v) is 7.44. The molecular formula is C20H20N2O2S. The maximum atomic E-state index is 12.2. The zero-order valence-electron chi connectivity index (χ0n) is 14.2. The van der Waals surface area contributed by atoms with Gasteiger partial charge in [0.05, 0.1) is 4.91 Å². The van der Waals surface area contributed by atoms with E-state index in [-0.39, 0.29) is 5.91 Å². The Kier molecular flexibility index (Phi) is 4.49. The number of aryl methyl sites for hydroxylation is 1. The Hall–Kier alpha value is -2.27. The van der Waals surface area contributed by atoms with Crippen molar-refractivity contribution in [2.24, 2.45) is 4.99 Å². The topological polar surface area (TPSA) is 45.8 Å². The Morgan fingerprint density at radius 2 is 1.84 bits per heavy atom. The van der Waals surface area contributed by atoms with E-state index in [4.69, 9.17) is 4.42 Å². The fraction of sp³-hybridized carbons (Fsp3) is 0.300. The first-order chi connectivity index (χ1) is 12.2. The van der Waals surface area contributed by atoms with E-state index in [1.54, 1.807) is 6.08 Å². The number of thioether (sulfide) groups is 1. The van der Waals surface area contributed by atoms with Gasteiger partial charge in [0.2, 0.25) is 0 Å². The molecule has 25 heavy (non-hydrogen) atoms. The van der Waals surface area contributed by atoms with E-state index in [9.17, 15) is 4.79 Å². The molecule has 128 valence electrons. The van der Waals surface area contributed by atoms with E-state index in [1.165, 1.54) is 36.6 Å². The largest absolute Gasteiger partial charge is 0.457 e. The highest BCUT2D eigenvalue weighted by Gasteiger charge is 2.27. The number of piperidine rings is 1. The van der Waals surface area contributed by atoms with Crippen LogP contribution in [-0.2, 0) is 4.79 Å². The van der Waals surface area contributed by atoms with Gasteiger partial charge in [-0.05, 0) is 50.1 Å². The van der Waals surface area contributed by atoms with E-state index < -0.39 is 0 Å². The van der Waals surface area contributed by atoms with Gasteiger partial charge in [0, 0.05) is 24.7 Å². The number of rotatable bonds is 2. The van der Waals surface area contributed by atoms with Gasteiger partial charge in [0.1, 0.15) is 11.5 Å². The molecule has 0 saturated carbocycles. The first kappa shape index (κ1) is 16.2. The third-order valence-corrected chi connectivity index (χ3v) is 5.52. The molecule has 1 aromatic carbocycles. The lowest BCUT2D eigenvalue weighted by molar-refractivity contribution is -0.113. The van der Waals surface area contributed by atoms with Crippen molar-refractivity contribution < 1.29 is 9.21 Å². The minimum atomic E-state index is -0.168. The Balaban J connectivity index is 1.50. The molecule has 3 heterocycles. The fourth-order valence-electron chi connectivity index (χ4n) is 3.05. The molecule has 0 unspecified atom stereocenters. The van der Waals surface area contributed by atoms with Crippen LogP contribution in [0.25, 0.3) is 17.4 Å². The van der Waals surface area contributed by atoms with E-state index in [2.05, 4.69) is 28.9 Å². The highest BCUT2D eigenvalue weighted by Crippen LogP contribution is 2.32. The predicted molar refractivity (Wildman–Crippen MR) is 102 cm³/mol. The number of furan rings is 1. The maximum absolute atomic E-state index is 12.2. The zero-order chi connectivity index (χ0) is 17.2. The molecule has 4 nitrogen and oxygen atoms in total. The molecule has 0 bridgehead atoms. The Labute approximate surface area is 151 Å². The summed E-state index contributed by atoms with van der Waals surface area (Å²) in [5, 5.41) is 0.835. The van der Waals surface area contributed by atoms with Gasteiger partial charge in [-0.1, -0.05) is 29.8 Å². The molecular weight excluding hydrogens is 332 g/mol. The molecule has 5 heteroatoms. The van der Waals surface area contributed by atoms with E-state index in [0.717, 1.165) is 29.6 Å². The van der Waals surface area contributed by atoms with Crippen molar-refractivity contribution in [2.75, 3.05) is 13.1 Å². The van der Waals surface area contributed by atoms with Crippen LogP contribution in [0.1, 0.15) is 30.6 Å². The lowest BCUT2D eigenvalue weighted by atomic mass is 10.1. The number of amidine groups is 1. The number of carbonyl (C=O) groups excluding carboxylic acids is 1. The van der Waals surface area contributed by atoms with Crippen LogP contribution in [0.2, 0.25) is 0 Å². The summed E-state index contributed by atoms with van der Waals surface area (Å²) in [5.74, 6) is 1.32. The highest BCUT2D eigenvalue weighted by molar-refractivity contribution is 8.18. The highest BCUT2D eigenvalue weighted by atomic mass is 32.2. The molecule has 0 spiro atoms. The SMILES string of the molecule is Cc1ccc(-c2ccc(/C=C3/SC(N4CCCCC4)=NC3=O)o2)cc1. The predicted octanol–water partition coefficient (Wildman–Crippen LogP) is 4.71. The lowest BCUT2D eigenvalue weighted by Gasteiger charge is -2.27. The summed E-state index contributed by atoms with van der Waals surface area (Å²) in [7, 11) is 0. The van der Waals surface area contributed by atoms with Gasteiger partial charge >= 0.3 is 0 Å². The summed E-state index contributed by atoms with van der Waals surface area (Å²) in [6, 6.07) is 12.0. The van der Waals surface area contributed by atoms with Gasteiger partial charge in [-0.15, -0.1) is 0 Å². The number of benzene rings is 1. The van der Waals surface area contributed by atoms with Crippen LogP contribution >= 0.6 is 11.8 Å². The monoisotopic (exact) mass is 352 g/mol. The first-order valence-electron chi connectivity index (χ1n) is 8.63. The summed E-state index contributed by atoms with van der Waals surface area (Å²) in [5.41, 5.74) is 2.25. The number of likely N-dealkylation sites (tertiary alicyclic amines) is 1. The summed E-state index contributed by atoms with van der Waals surface area (Å²) in [6.07, 6.45) is 5.40. The van der Waals surface area contributed by atoms with E-state index in [1.807, 2.05) is 24.3 Å². The van der Waals surface area contributed by atoms with Crippen LogP contribution in [0, 0.1) is 6.92 Å². The van der Waals surface area contributed by atoms with Crippen LogP contribution in [0.4, 0.5) is 0 Å². The van der Waals surface area contributed by atoms with E-state index >= 15 is 0 Å². The molecule has 2 aliphatic rings. The molecule has 1 aromatic heterocycles. The number of aliphatic imine (C=N–C) groups is 1. The van der Waals surface area contributed by atoms with Crippen LogP contribution in [0.15, 0.2) is 50.7 Å². The zero-order valence-corrected chi connectivity index (χ0v) is 15.0. The maximum Gasteiger partial charge on any atom is 0.286 e. The summed E-state index contributed by atoms with van der Waals surface area (Å²) in [6.45, 7) is 4.04. The normalized spacial score (nSPS) is 19.6. The molecule has 2 aliphatic heterocycles. The van der Waals surface area contributed by atoms with Crippen LogP contribution in [0.5, 0.6) is 0 Å². The third-order valence-electron chi connectivity index (χ3n) is 4.47. The first-order valence-corrected chi connectivity index (χ1v) is 9.45. The van der Waals surface area contributed by atoms with Crippen molar-refractivity contribution in [1.29, 1.82) is 0 Å². The lowest BCUT2D eigenvalue weighted by Crippen LogP contribution is -2.33. The fourth-order valence-corrected chi connectivity index (χ4v) is 4.00. The standard InChI is InChI=1S/C20H20N2O2S/c1-14-5-7-15(8-6-14)17-10-9-16(24-17)13-18-19(23)21-20(25-18)22-11-3-2-4-12-22/h5-10,13H,2-4,11-12H2,1H3/b18-13+. The number of carbonyl (C=O) groups is 1. The molecule has 2 aromatic rings. The molecule has 1 saturated heterocycles. The molecule has 1 amide bonds.